The highest BCUT2D eigenvalue weighted by molar-refractivity contribution is 5.49. The van der Waals surface area contributed by atoms with Crippen LogP contribution in [0.4, 0.5) is 5.69 Å². The molecule has 0 saturated carbocycles. The highest BCUT2D eigenvalue weighted by Gasteiger charge is 2.21. The zero-order chi connectivity index (χ0) is 13.7. The standard InChI is InChI=1S/C17H27NO/c1-3-7-15-8-5-6-13-18(15)16-11-9-14(10-12-16)17(19)4-2/h9-12,15,17,19H,3-8,13H2,1-2H3/t15?,17-/m0/s1. The quantitative estimate of drug-likeness (QED) is 0.854. The molecule has 1 N–H and O–H groups in total. The molecule has 1 heterocycles. The normalized spacial score (nSPS) is 21.4. The lowest BCUT2D eigenvalue weighted by atomic mass is 9.97. The number of hydrogen-bond acceptors (Lipinski definition) is 2. The van der Waals surface area contributed by atoms with Crippen molar-refractivity contribution in [2.24, 2.45) is 0 Å². The van der Waals surface area contributed by atoms with Crippen molar-refractivity contribution in [2.75, 3.05) is 11.4 Å². The van der Waals surface area contributed by atoms with Gasteiger partial charge < -0.3 is 10.0 Å². The number of rotatable bonds is 5. The maximum Gasteiger partial charge on any atom is 0.0787 e. The average Bonchev–Trinajstić information content (AvgIpc) is 2.47. The molecule has 0 radical (unpaired) electrons. The van der Waals surface area contributed by atoms with Crippen LogP contribution < -0.4 is 4.90 Å². The van der Waals surface area contributed by atoms with E-state index in [-0.39, 0.29) is 6.10 Å². The Morgan fingerprint density at radius 1 is 1.21 bits per heavy atom. The number of benzene rings is 1. The van der Waals surface area contributed by atoms with E-state index in [1.54, 1.807) is 0 Å². The third kappa shape index (κ3) is 3.50. The fourth-order valence-electron chi connectivity index (χ4n) is 3.10. The summed E-state index contributed by atoms with van der Waals surface area (Å²) in [6, 6.07) is 9.24. The zero-order valence-electron chi connectivity index (χ0n) is 12.3. The first-order chi connectivity index (χ1) is 9.26. The van der Waals surface area contributed by atoms with Crippen molar-refractivity contribution in [1.82, 2.24) is 0 Å². The van der Waals surface area contributed by atoms with Gasteiger partial charge in [0, 0.05) is 18.3 Å². The molecule has 0 aromatic heterocycles. The van der Waals surface area contributed by atoms with Crippen LogP contribution in [-0.2, 0) is 0 Å². The molecular weight excluding hydrogens is 234 g/mol. The lowest BCUT2D eigenvalue weighted by Gasteiger charge is -2.37. The van der Waals surface area contributed by atoms with Gasteiger partial charge in [-0.2, -0.15) is 0 Å². The van der Waals surface area contributed by atoms with Crippen LogP contribution in [-0.4, -0.2) is 17.7 Å². The maximum atomic E-state index is 9.85. The van der Waals surface area contributed by atoms with Crippen LogP contribution in [0, 0.1) is 0 Å². The van der Waals surface area contributed by atoms with Gasteiger partial charge in [-0.15, -0.1) is 0 Å². The van der Waals surface area contributed by atoms with E-state index in [0.717, 1.165) is 12.0 Å². The number of nitrogens with zero attached hydrogens (tertiary/aromatic N) is 1. The Balaban J connectivity index is 2.11. The molecule has 0 amide bonds. The molecule has 0 spiro atoms. The SMILES string of the molecule is CCCC1CCCCN1c1ccc([C@@H](O)CC)cc1. The molecule has 2 heteroatoms. The Hall–Kier alpha value is -1.02. The lowest BCUT2D eigenvalue weighted by Crippen LogP contribution is -2.39. The van der Waals surface area contributed by atoms with E-state index < -0.39 is 0 Å². The fourth-order valence-corrected chi connectivity index (χ4v) is 3.10. The van der Waals surface area contributed by atoms with E-state index in [4.69, 9.17) is 0 Å². The van der Waals surface area contributed by atoms with E-state index in [1.807, 2.05) is 6.92 Å². The first kappa shape index (κ1) is 14.4. The van der Waals surface area contributed by atoms with Gasteiger partial charge in [-0.3, -0.25) is 0 Å². The Labute approximate surface area is 117 Å². The summed E-state index contributed by atoms with van der Waals surface area (Å²) in [4.78, 5) is 2.56. The minimum absolute atomic E-state index is 0.318. The number of hydrogen-bond donors (Lipinski definition) is 1. The van der Waals surface area contributed by atoms with Gasteiger partial charge in [0.15, 0.2) is 0 Å². The topological polar surface area (TPSA) is 23.5 Å². The van der Waals surface area contributed by atoms with E-state index >= 15 is 0 Å². The molecule has 1 fully saturated rings. The smallest absolute Gasteiger partial charge is 0.0787 e. The first-order valence-corrected chi connectivity index (χ1v) is 7.81. The summed E-state index contributed by atoms with van der Waals surface area (Å²) in [5, 5.41) is 9.85. The summed E-state index contributed by atoms with van der Waals surface area (Å²) in [5.74, 6) is 0. The van der Waals surface area contributed by atoms with Gasteiger partial charge in [-0.1, -0.05) is 32.4 Å². The Kier molecular flexibility index (Phi) is 5.26. The number of anilines is 1. The van der Waals surface area contributed by atoms with Crippen molar-refractivity contribution in [2.45, 2.75) is 64.5 Å². The highest BCUT2D eigenvalue weighted by Crippen LogP contribution is 2.28. The van der Waals surface area contributed by atoms with Gasteiger partial charge in [-0.25, -0.2) is 0 Å². The molecule has 19 heavy (non-hydrogen) atoms. The Morgan fingerprint density at radius 2 is 1.95 bits per heavy atom. The fraction of sp³-hybridized carbons (Fsp3) is 0.647. The lowest BCUT2D eigenvalue weighted by molar-refractivity contribution is 0.173. The number of piperidine rings is 1. The minimum atomic E-state index is -0.318. The molecular formula is C17H27NO. The molecule has 1 aromatic carbocycles. The summed E-state index contributed by atoms with van der Waals surface area (Å²) in [7, 11) is 0. The van der Waals surface area contributed by atoms with Crippen LogP contribution in [0.5, 0.6) is 0 Å². The van der Waals surface area contributed by atoms with E-state index in [0.29, 0.717) is 6.04 Å². The molecule has 1 aliphatic rings. The van der Waals surface area contributed by atoms with Gasteiger partial charge in [-0.05, 0) is 49.8 Å². The molecule has 1 saturated heterocycles. The molecule has 0 aliphatic carbocycles. The molecule has 0 bridgehead atoms. The monoisotopic (exact) mass is 261 g/mol. The maximum absolute atomic E-state index is 9.85. The van der Waals surface area contributed by atoms with Crippen LogP contribution in [0.1, 0.15) is 64.0 Å². The van der Waals surface area contributed by atoms with Crippen LogP contribution in [0.25, 0.3) is 0 Å². The first-order valence-electron chi connectivity index (χ1n) is 7.81. The van der Waals surface area contributed by atoms with Crippen molar-refractivity contribution in [3.05, 3.63) is 29.8 Å². The van der Waals surface area contributed by atoms with Crippen molar-refractivity contribution >= 4 is 5.69 Å². The number of aliphatic hydroxyl groups is 1. The zero-order valence-corrected chi connectivity index (χ0v) is 12.3. The van der Waals surface area contributed by atoms with Crippen molar-refractivity contribution in [3.8, 4) is 0 Å². The molecule has 2 nitrogen and oxygen atoms in total. The van der Waals surface area contributed by atoms with Crippen molar-refractivity contribution < 1.29 is 5.11 Å². The second-order valence-electron chi connectivity index (χ2n) is 5.65. The van der Waals surface area contributed by atoms with Crippen molar-refractivity contribution in [1.29, 1.82) is 0 Å². The van der Waals surface area contributed by atoms with Gasteiger partial charge in [0.1, 0.15) is 0 Å². The van der Waals surface area contributed by atoms with Crippen LogP contribution in [0.3, 0.4) is 0 Å². The largest absolute Gasteiger partial charge is 0.388 e. The molecule has 1 unspecified atom stereocenters. The predicted octanol–water partition coefficient (Wildman–Crippen LogP) is 4.29. The number of aliphatic hydroxyl groups excluding tert-OH is 1. The molecule has 2 rings (SSSR count). The molecule has 106 valence electrons. The van der Waals surface area contributed by atoms with Gasteiger partial charge in [0.2, 0.25) is 0 Å². The Morgan fingerprint density at radius 3 is 2.58 bits per heavy atom. The predicted molar refractivity (Wildman–Crippen MR) is 81.6 cm³/mol. The second-order valence-corrected chi connectivity index (χ2v) is 5.65. The molecule has 2 atom stereocenters. The Bertz CT molecular complexity index is 371. The van der Waals surface area contributed by atoms with Gasteiger partial charge in [0.05, 0.1) is 6.10 Å². The van der Waals surface area contributed by atoms with Crippen LogP contribution in [0.15, 0.2) is 24.3 Å². The van der Waals surface area contributed by atoms with Crippen molar-refractivity contribution in [3.63, 3.8) is 0 Å². The molecule has 1 aliphatic heterocycles. The third-order valence-electron chi connectivity index (χ3n) is 4.25. The third-order valence-corrected chi connectivity index (χ3v) is 4.25. The average molecular weight is 261 g/mol. The summed E-state index contributed by atoms with van der Waals surface area (Å²) >= 11 is 0. The van der Waals surface area contributed by atoms with E-state index in [1.165, 1.54) is 44.3 Å². The summed E-state index contributed by atoms with van der Waals surface area (Å²) < 4.78 is 0. The van der Waals surface area contributed by atoms with Gasteiger partial charge in [0.25, 0.3) is 0 Å². The van der Waals surface area contributed by atoms with E-state index in [9.17, 15) is 5.11 Å². The molecule has 1 aromatic rings. The second kappa shape index (κ2) is 6.95. The van der Waals surface area contributed by atoms with E-state index in [2.05, 4.69) is 36.1 Å². The summed E-state index contributed by atoms with van der Waals surface area (Å²) in [5.41, 5.74) is 2.36. The van der Waals surface area contributed by atoms with Crippen LogP contribution in [0.2, 0.25) is 0 Å². The summed E-state index contributed by atoms with van der Waals surface area (Å²) in [6.07, 6.45) is 7.01. The van der Waals surface area contributed by atoms with Crippen LogP contribution >= 0.6 is 0 Å². The minimum Gasteiger partial charge on any atom is -0.388 e. The van der Waals surface area contributed by atoms with Gasteiger partial charge >= 0.3 is 0 Å². The summed E-state index contributed by atoms with van der Waals surface area (Å²) in [6.45, 7) is 5.47. The highest BCUT2D eigenvalue weighted by atomic mass is 16.3.